The van der Waals surface area contributed by atoms with Crippen LogP contribution in [0.3, 0.4) is 0 Å². The van der Waals surface area contributed by atoms with Crippen molar-refractivity contribution in [2.45, 2.75) is 13.5 Å². The SMILES string of the molecule is CCOc1cc(/C=N\N(C)C(=S)NCc2ccccc2)ccc1OC. The second kappa shape index (κ2) is 9.64. The molecule has 0 spiro atoms. The Hall–Kier alpha value is -2.60. The van der Waals surface area contributed by atoms with Gasteiger partial charge in [-0.1, -0.05) is 30.3 Å². The summed E-state index contributed by atoms with van der Waals surface area (Å²) < 4.78 is 10.9. The maximum Gasteiger partial charge on any atom is 0.189 e. The van der Waals surface area contributed by atoms with E-state index in [1.807, 2.05) is 62.5 Å². The molecule has 2 rings (SSSR count). The van der Waals surface area contributed by atoms with Crippen LogP contribution < -0.4 is 14.8 Å². The van der Waals surface area contributed by atoms with E-state index in [0.717, 1.165) is 5.56 Å². The second-order valence-electron chi connectivity index (χ2n) is 5.26. The largest absolute Gasteiger partial charge is 0.493 e. The Morgan fingerprint density at radius 1 is 1.20 bits per heavy atom. The van der Waals surface area contributed by atoms with Crippen LogP contribution >= 0.6 is 12.2 Å². The zero-order chi connectivity index (χ0) is 18.1. The van der Waals surface area contributed by atoms with Crippen molar-refractivity contribution in [3.63, 3.8) is 0 Å². The van der Waals surface area contributed by atoms with E-state index in [1.54, 1.807) is 18.3 Å². The summed E-state index contributed by atoms with van der Waals surface area (Å²) in [7, 11) is 3.43. The average Bonchev–Trinajstić information content (AvgIpc) is 2.65. The molecule has 132 valence electrons. The molecule has 1 N–H and O–H groups in total. The molecule has 0 aromatic heterocycles. The van der Waals surface area contributed by atoms with E-state index in [-0.39, 0.29) is 0 Å². The normalized spacial score (nSPS) is 10.5. The van der Waals surface area contributed by atoms with Crippen LogP contribution in [0, 0.1) is 0 Å². The van der Waals surface area contributed by atoms with E-state index in [4.69, 9.17) is 21.7 Å². The fraction of sp³-hybridized carbons (Fsp3) is 0.263. The minimum atomic E-state index is 0.554. The van der Waals surface area contributed by atoms with Crippen LogP contribution in [-0.2, 0) is 6.54 Å². The van der Waals surface area contributed by atoms with Crippen LogP contribution in [-0.4, -0.2) is 37.1 Å². The van der Waals surface area contributed by atoms with Crippen LogP contribution in [0.2, 0.25) is 0 Å². The smallest absolute Gasteiger partial charge is 0.189 e. The van der Waals surface area contributed by atoms with E-state index in [2.05, 4.69) is 10.4 Å². The highest BCUT2D eigenvalue weighted by Gasteiger charge is 2.05. The van der Waals surface area contributed by atoms with Crippen molar-refractivity contribution in [3.8, 4) is 11.5 Å². The number of thiocarbonyl (C=S) groups is 1. The van der Waals surface area contributed by atoms with Gasteiger partial charge in [0.1, 0.15) is 0 Å². The van der Waals surface area contributed by atoms with E-state index in [1.165, 1.54) is 5.56 Å². The monoisotopic (exact) mass is 357 g/mol. The molecular formula is C19H23N3O2S. The molecule has 0 aliphatic carbocycles. The number of hydrogen-bond acceptors (Lipinski definition) is 4. The molecule has 0 amide bonds. The fourth-order valence-electron chi connectivity index (χ4n) is 2.14. The van der Waals surface area contributed by atoms with Gasteiger partial charge in [-0.15, -0.1) is 0 Å². The molecule has 0 heterocycles. The lowest BCUT2D eigenvalue weighted by molar-refractivity contribution is 0.311. The highest BCUT2D eigenvalue weighted by Crippen LogP contribution is 2.27. The number of methoxy groups -OCH3 is 1. The summed E-state index contributed by atoms with van der Waals surface area (Å²) in [5.41, 5.74) is 2.07. The lowest BCUT2D eigenvalue weighted by Crippen LogP contribution is -2.33. The highest BCUT2D eigenvalue weighted by molar-refractivity contribution is 7.80. The molecule has 0 bridgehead atoms. The molecule has 0 saturated heterocycles. The summed E-state index contributed by atoms with van der Waals surface area (Å²) in [6.45, 7) is 3.17. The Bertz CT molecular complexity index is 720. The number of nitrogens with one attached hydrogen (secondary N) is 1. The van der Waals surface area contributed by atoms with Gasteiger partial charge in [-0.3, -0.25) is 0 Å². The van der Waals surface area contributed by atoms with E-state index >= 15 is 0 Å². The van der Waals surface area contributed by atoms with Crippen molar-refractivity contribution < 1.29 is 9.47 Å². The zero-order valence-corrected chi connectivity index (χ0v) is 15.5. The summed E-state index contributed by atoms with van der Waals surface area (Å²) in [6.07, 6.45) is 1.73. The van der Waals surface area contributed by atoms with Gasteiger partial charge in [0.2, 0.25) is 0 Å². The van der Waals surface area contributed by atoms with Gasteiger partial charge in [-0.2, -0.15) is 5.10 Å². The molecule has 0 aliphatic heterocycles. The van der Waals surface area contributed by atoms with Crippen LogP contribution in [0.1, 0.15) is 18.1 Å². The van der Waals surface area contributed by atoms with Gasteiger partial charge in [0.05, 0.1) is 19.9 Å². The first-order valence-corrected chi connectivity index (χ1v) is 8.45. The van der Waals surface area contributed by atoms with Crippen molar-refractivity contribution in [1.29, 1.82) is 0 Å². The molecule has 0 saturated carbocycles. The number of hydrogen-bond donors (Lipinski definition) is 1. The predicted octanol–water partition coefficient (Wildman–Crippen LogP) is 3.43. The van der Waals surface area contributed by atoms with Crippen LogP contribution in [0.25, 0.3) is 0 Å². The Balaban J connectivity index is 1.95. The number of nitrogens with zero attached hydrogens (tertiary/aromatic N) is 2. The maximum absolute atomic E-state index is 5.57. The van der Waals surface area contributed by atoms with E-state index < -0.39 is 0 Å². The van der Waals surface area contributed by atoms with Gasteiger partial charge in [0, 0.05) is 13.6 Å². The number of benzene rings is 2. The van der Waals surface area contributed by atoms with Gasteiger partial charge in [0.25, 0.3) is 0 Å². The standard InChI is InChI=1S/C19H23N3O2S/c1-4-24-18-12-16(10-11-17(18)23-3)14-21-22(2)19(25)20-13-15-8-6-5-7-9-15/h5-12,14H,4,13H2,1-3H3,(H,20,25)/b21-14-. The molecular weight excluding hydrogens is 334 g/mol. The van der Waals surface area contributed by atoms with Crippen LogP contribution in [0.15, 0.2) is 53.6 Å². The first-order valence-electron chi connectivity index (χ1n) is 8.04. The first kappa shape index (κ1) is 18.7. The van der Waals surface area contributed by atoms with Gasteiger partial charge in [-0.05, 0) is 48.5 Å². The quantitative estimate of drug-likeness (QED) is 0.467. The lowest BCUT2D eigenvalue weighted by Gasteiger charge is -2.16. The molecule has 0 atom stereocenters. The Morgan fingerprint density at radius 2 is 1.96 bits per heavy atom. The minimum Gasteiger partial charge on any atom is -0.493 e. The van der Waals surface area contributed by atoms with Gasteiger partial charge >= 0.3 is 0 Å². The third-order valence-corrected chi connectivity index (χ3v) is 3.86. The average molecular weight is 357 g/mol. The second-order valence-corrected chi connectivity index (χ2v) is 5.64. The van der Waals surface area contributed by atoms with Gasteiger partial charge in [0.15, 0.2) is 16.6 Å². The molecule has 0 fully saturated rings. The Kier molecular flexibility index (Phi) is 7.22. The number of rotatable bonds is 7. The zero-order valence-electron chi connectivity index (χ0n) is 14.7. The molecule has 25 heavy (non-hydrogen) atoms. The third kappa shape index (κ3) is 5.76. The molecule has 2 aromatic carbocycles. The molecule has 0 aliphatic rings. The molecule has 5 nitrogen and oxygen atoms in total. The van der Waals surface area contributed by atoms with E-state index in [0.29, 0.717) is 29.8 Å². The highest BCUT2D eigenvalue weighted by atomic mass is 32.1. The summed E-state index contributed by atoms with van der Waals surface area (Å²) in [4.78, 5) is 0. The topological polar surface area (TPSA) is 46.1 Å². The van der Waals surface area contributed by atoms with Crippen molar-refractivity contribution in [2.75, 3.05) is 20.8 Å². The minimum absolute atomic E-state index is 0.554. The summed E-state index contributed by atoms with van der Waals surface area (Å²) in [5.74, 6) is 1.40. The van der Waals surface area contributed by atoms with E-state index in [9.17, 15) is 0 Å². The summed E-state index contributed by atoms with van der Waals surface area (Å²) in [6, 6.07) is 15.8. The maximum atomic E-state index is 5.57. The van der Waals surface area contributed by atoms with Gasteiger partial charge in [-0.25, -0.2) is 5.01 Å². The van der Waals surface area contributed by atoms with Gasteiger partial charge < -0.3 is 14.8 Å². The number of hydrazone groups is 1. The van der Waals surface area contributed by atoms with Crippen LogP contribution in [0.4, 0.5) is 0 Å². The Morgan fingerprint density at radius 3 is 2.64 bits per heavy atom. The molecule has 0 radical (unpaired) electrons. The molecule has 6 heteroatoms. The number of ether oxygens (including phenoxy) is 2. The Labute approximate surface area is 154 Å². The first-order chi connectivity index (χ1) is 12.1. The molecule has 0 unspecified atom stereocenters. The molecule has 2 aromatic rings. The van der Waals surface area contributed by atoms with Crippen molar-refractivity contribution in [1.82, 2.24) is 10.3 Å². The summed E-state index contributed by atoms with van der Waals surface area (Å²) >= 11 is 5.35. The van der Waals surface area contributed by atoms with Crippen molar-refractivity contribution >= 4 is 23.5 Å². The summed E-state index contributed by atoms with van der Waals surface area (Å²) in [5, 5.41) is 9.74. The third-order valence-electron chi connectivity index (χ3n) is 3.45. The van der Waals surface area contributed by atoms with Crippen LogP contribution in [0.5, 0.6) is 11.5 Å². The predicted molar refractivity (Wildman–Crippen MR) is 105 cm³/mol. The fourth-order valence-corrected chi connectivity index (χ4v) is 2.25. The van der Waals surface area contributed by atoms with Crippen molar-refractivity contribution in [3.05, 3.63) is 59.7 Å². The van der Waals surface area contributed by atoms with Crippen molar-refractivity contribution in [2.24, 2.45) is 5.10 Å². The lowest BCUT2D eigenvalue weighted by atomic mass is 10.2.